The van der Waals surface area contributed by atoms with E-state index in [1.165, 1.54) is 81.8 Å². The molecule has 0 saturated heterocycles. The highest BCUT2D eigenvalue weighted by molar-refractivity contribution is 7.29. The van der Waals surface area contributed by atoms with Gasteiger partial charge in [-0.2, -0.15) is 0 Å². The van der Waals surface area contributed by atoms with E-state index in [9.17, 15) is 0 Å². The molecule has 0 aliphatic carbocycles. The van der Waals surface area contributed by atoms with Gasteiger partial charge in [0, 0.05) is 49.1 Å². The van der Waals surface area contributed by atoms with Crippen LogP contribution in [0.3, 0.4) is 0 Å². The van der Waals surface area contributed by atoms with Gasteiger partial charge < -0.3 is 0 Å². The van der Waals surface area contributed by atoms with Gasteiger partial charge in [-0.1, -0.05) is 12.1 Å². The summed E-state index contributed by atoms with van der Waals surface area (Å²) in [7, 11) is 0. The minimum atomic E-state index is 1.37. The average Bonchev–Trinajstić information content (AvgIpc) is 3.53. The molecule has 4 heteroatoms. The molecule has 0 saturated carbocycles. The van der Waals surface area contributed by atoms with Crippen LogP contribution >= 0.6 is 45.3 Å². The summed E-state index contributed by atoms with van der Waals surface area (Å²) >= 11 is 7.70. The highest BCUT2D eigenvalue weighted by Gasteiger charge is 2.17. The van der Waals surface area contributed by atoms with Crippen LogP contribution in [0.5, 0.6) is 0 Å². The zero-order valence-corrected chi connectivity index (χ0v) is 21.5. The Balaban J connectivity index is 1.48. The summed E-state index contributed by atoms with van der Waals surface area (Å²) in [5.41, 5.74) is 2.87. The largest absolute Gasteiger partial charge is 0.141 e. The van der Waals surface area contributed by atoms with Crippen LogP contribution in [0.4, 0.5) is 0 Å². The quantitative estimate of drug-likeness (QED) is 0.217. The molecule has 0 aliphatic heterocycles. The topological polar surface area (TPSA) is 0 Å². The number of thiophene rings is 4. The summed E-state index contributed by atoms with van der Waals surface area (Å²) in [5.74, 6) is 0. The Hall–Kier alpha value is -2.24. The summed E-state index contributed by atoms with van der Waals surface area (Å²) in [5, 5.41) is 8.39. The summed E-state index contributed by atoms with van der Waals surface area (Å²) in [6.07, 6.45) is 0. The molecule has 0 fully saturated rings. The number of hydrogen-bond acceptors (Lipinski definition) is 4. The summed E-state index contributed by atoms with van der Waals surface area (Å²) in [4.78, 5) is 5.55. The molecule has 0 spiro atoms. The van der Waals surface area contributed by atoms with Crippen LogP contribution in [-0.4, -0.2) is 0 Å². The standard InChI is InChI=1S/C28H20S4/c1-13-10-21-17-6-8-24-22(18(17)5-7-23(21)29-13)12-25(31-24)26-11-20-16(4)27-19(9-14(2)30-27)15(3)28(20)32-26/h5-12H,1-4H3. The Kier molecular flexibility index (Phi) is 4.00. The van der Waals surface area contributed by atoms with E-state index in [0.717, 1.165) is 0 Å². The smallest absolute Gasteiger partial charge is 0.0455 e. The second kappa shape index (κ2) is 6.64. The van der Waals surface area contributed by atoms with Gasteiger partial charge in [-0.05, 0) is 96.8 Å². The second-order valence-corrected chi connectivity index (χ2v) is 13.4. The Morgan fingerprint density at radius 1 is 0.438 bits per heavy atom. The first-order valence-corrected chi connectivity index (χ1v) is 14.0. The second-order valence-electron chi connectivity index (χ2n) is 8.72. The third-order valence-corrected chi connectivity index (χ3v) is 11.4. The zero-order chi connectivity index (χ0) is 21.7. The lowest BCUT2D eigenvalue weighted by Gasteiger charge is -2.03. The predicted molar refractivity (Wildman–Crippen MR) is 150 cm³/mol. The van der Waals surface area contributed by atoms with Gasteiger partial charge in [0.05, 0.1) is 0 Å². The molecule has 0 bridgehead atoms. The van der Waals surface area contributed by atoms with Crippen LogP contribution in [0.25, 0.3) is 60.9 Å². The number of aryl methyl sites for hydroxylation is 4. The molecule has 0 radical (unpaired) electrons. The van der Waals surface area contributed by atoms with Crippen molar-refractivity contribution >= 4 is 96.5 Å². The molecule has 32 heavy (non-hydrogen) atoms. The molecule has 0 atom stereocenters. The van der Waals surface area contributed by atoms with Crippen LogP contribution in [0.2, 0.25) is 0 Å². The van der Waals surface area contributed by atoms with Crippen LogP contribution < -0.4 is 0 Å². The van der Waals surface area contributed by atoms with E-state index in [4.69, 9.17) is 0 Å². The van der Waals surface area contributed by atoms with E-state index >= 15 is 0 Å². The third-order valence-electron chi connectivity index (χ3n) is 6.64. The first kappa shape index (κ1) is 19.2. The molecule has 4 aromatic heterocycles. The van der Waals surface area contributed by atoms with Gasteiger partial charge in [-0.25, -0.2) is 0 Å². The molecular weight excluding hydrogens is 465 g/mol. The van der Waals surface area contributed by atoms with Crippen LogP contribution in [0, 0.1) is 27.7 Å². The van der Waals surface area contributed by atoms with Crippen LogP contribution in [0.15, 0.2) is 48.5 Å². The fourth-order valence-corrected chi connectivity index (χ4v) is 9.48. The Labute approximate surface area is 202 Å². The van der Waals surface area contributed by atoms with E-state index in [2.05, 4.69) is 76.2 Å². The molecule has 3 aromatic carbocycles. The molecule has 0 aliphatic rings. The van der Waals surface area contributed by atoms with Crippen molar-refractivity contribution in [1.29, 1.82) is 0 Å². The van der Waals surface area contributed by atoms with E-state index in [-0.39, 0.29) is 0 Å². The Morgan fingerprint density at radius 3 is 1.69 bits per heavy atom. The predicted octanol–water partition coefficient (Wildman–Crippen LogP) is 10.6. The fourth-order valence-electron chi connectivity index (χ4n) is 5.08. The van der Waals surface area contributed by atoms with Gasteiger partial charge in [-0.15, -0.1) is 45.3 Å². The van der Waals surface area contributed by atoms with Crippen molar-refractivity contribution in [3.05, 3.63) is 69.4 Å². The van der Waals surface area contributed by atoms with Gasteiger partial charge in [0.1, 0.15) is 0 Å². The molecule has 0 nitrogen and oxygen atoms in total. The maximum Gasteiger partial charge on any atom is 0.0455 e. The van der Waals surface area contributed by atoms with Crippen molar-refractivity contribution in [2.75, 3.05) is 0 Å². The van der Waals surface area contributed by atoms with Crippen molar-refractivity contribution in [3.63, 3.8) is 0 Å². The molecule has 4 heterocycles. The summed E-state index contributed by atoms with van der Waals surface area (Å²) in [6, 6.07) is 18.8. The molecule has 0 unspecified atom stereocenters. The molecular formula is C28H20S4. The highest BCUT2D eigenvalue weighted by atomic mass is 32.1. The van der Waals surface area contributed by atoms with Crippen LogP contribution in [0.1, 0.15) is 20.9 Å². The summed E-state index contributed by atoms with van der Waals surface area (Å²) < 4.78 is 5.66. The first-order valence-electron chi connectivity index (χ1n) is 10.8. The van der Waals surface area contributed by atoms with E-state index in [0.29, 0.717) is 0 Å². The number of benzene rings is 3. The number of hydrogen-bond donors (Lipinski definition) is 0. The lowest BCUT2D eigenvalue weighted by Crippen LogP contribution is -1.79. The molecule has 7 rings (SSSR count). The number of rotatable bonds is 1. The van der Waals surface area contributed by atoms with Gasteiger partial charge in [0.25, 0.3) is 0 Å². The van der Waals surface area contributed by atoms with Gasteiger partial charge >= 0.3 is 0 Å². The van der Waals surface area contributed by atoms with Gasteiger partial charge in [0.15, 0.2) is 0 Å². The van der Waals surface area contributed by atoms with E-state index < -0.39 is 0 Å². The minimum absolute atomic E-state index is 1.37. The molecule has 0 amide bonds. The SMILES string of the molecule is Cc1cc2c(ccc3c4cc(-c5cc6c(C)c7sc(C)cc7c(C)c6s5)sc4ccc23)s1. The van der Waals surface area contributed by atoms with Crippen molar-refractivity contribution < 1.29 is 0 Å². The van der Waals surface area contributed by atoms with Crippen molar-refractivity contribution in [3.8, 4) is 9.75 Å². The van der Waals surface area contributed by atoms with Crippen molar-refractivity contribution in [2.24, 2.45) is 0 Å². The lowest BCUT2D eigenvalue weighted by atomic mass is 10.0. The molecule has 156 valence electrons. The van der Waals surface area contributed by atoms with Crippen LogP contribution in [-0.2, 0) is 0 Å². The minimum Gasteiger partial charge on any atom is -0.141 e. The lowest BCUT2D eigenvalue weighted by molar-refractivity contribution is 1.57. The summed E-state index contributed by atoms with van der Waals surface area (Å²) in [6.45, 7) is 9.01. The zero-order valence-electron chi connectivity index (χ0n) is 18.3. The first-order chi connectivity index (χ1) is 15.5. The van der Waals surface area contributed by atoms with Gasteiger partial charge in [-0.3, -0.25) is 0 Å². The monoisotopic (exact) mass is 484 g/mol. The molecule has 7 aromatic rings. The van der Waals surface area contributed by atoms with Gasteiger partial charge in [0.2, 0.25) is 0 Å². The Bertz CT molecular complexity index is 1810. The Morgan fingerprint density at radius 2 is 0.938 bits per heavy atom. The maximum atomic E-state index is 2.43. The van der Waals surface area contributed by atoms with E-state index in [1.54, 1.807) is 0 Å². The normalized spacial score (nSPS) is 12.4. The highest BCUT2D eigenvalue weighted by Crippen LogP contribution is 2.46. The molecule has 0 N–H and O–H groups in total. The third kappa shape index (κ3) is 2.58. The fraction of sp³-hybridized carbons (Fsp3) is 0.143. The average molecular weight is 485 g/mol. The number of fused-ring (bicyclic) bond motifs is 7. The van der Waals surface area contributed by atoms with Crippen molar-refractivity contribution in [2.45, 2.75) is 27.7 Å². The van der Waals surface area contributed by atoms with Crippen molar-refractivity contribution in [1.82, 2.24) is 0 Å². The maximum absolute atomic E-state index is 2.43. The van der Waals surface area contributed by atoms with E-state index in [1.807, 2.05) is 45.3 Å².